The predicted molar refractivity (Wildman–Crippen MR) is 129 cm³/mol. The van der Waals surface area contributed by atoms with E-state index >= 15 is 4.39 Å². The Balaban J connectivity index is 0.00000324. The minimum absolute atomic E-state index is 0. The van der Waals surface area contributed by atoms with Gasteiger partial charge < -0.3 is 25.3 Å². The summed E-state index contributed by atoms with van der Waals surface area (Å²) in [5.74, 6) is -2.12. The number of aryl methyl sites for hydroxylation is 1. The Morgan fingerprint density at radius 1 is 1.33 bits per heavy atom. The molecule has 4 rings (SSSR count). The molecule has 3 N–H and O–H groups in total. The van der Waals surface area contributed by atoms with E-state index in [0.29, 0.717) is 29.5 Å². The summed E-state index contributed by atoms with van der Waals surface area (Å²) in [5, 5.41) is 2.55. The number of rotatable bonds is 5. The van der Waals surface area contributed by atoms with Crippen LogP contribution in [-0.2, 0) is 0 Å². The number of pyridine rings is 1. The number of imidazole rings is 1. The number of hydrogen-bond donors (Lipinski definition) is 2. The van der Waals surface area contributed by atoms with E-state index in [9.17, 15) is 9.18 Å². The van der Waals surface area contributed by atoms with Gasteiger partial charge in [-0.15, -0.1) is 0 Å². The van der Waals surface area contributed by atoms with Crippen LogP contribution < -0.4 is 16.0 Å². The van der Waals surface area contributed by atoms with E-state index in [4.69, 9.17) is 5.73 Å². The molecule has 2 aromatic heterocycles. The minimum Gasteiger partial charge on any atom is -0.397 e. The first-order valence-corrected chi connectivity index (χ1v) is 10.6. The summed E-state index contributed by atoms with van der Waals surface area (Å²) in [6.07, 6.45) is 5.61. The first kappa shape index (κ1) is 22.7. The average molecular weight is 458 g/mol. The lowest BCUT2D eigenvalue weighted by atomic mass is 10.0. The SMILES string of the molecule is CN=Cc1c(N2CC[C@@H](N(C)C)C2)cc(F)c(C(=O)Nc2cc(F)c3nc(C)cn3c2)c1N.[HH]. The number of nitrogens with zero attached hydrogens (tertiary/aromatic N) is 5. The zero-order chi connectivity index (χ0) is 23.9. The molecule has 1 amide bonds. The lowest BCUT2D eigenvalue weighted by Crippen LogP contribution is -2.32. The summed E-state index contributed by atoms with van der Waals surface area (Å²) in [4.78, 5) is 25.3. The van der Waals surface area contributed by atoms with Crippen LogP contribution in [-0.4, -0.2) is 66.7 Å². The van der Waals surface area contributed by atoms with Crippen molar-refractivity contribution in [2.45, 2.75) is 19.4 Å². The van der Waals surface area contributed by atoms with Crippen LogP contribution in [0.5, 0.6) is 0 Å². The van der Waals surface area contributed by atoms with E-state index in [0.717, 1.165) is 19.0 Å². The normalized spacial score (nSPS) is 16.5. The molecule has 1 atom stereocenters. The lowest BCUT2D eigenvalue weighted by Gasteiger charge is -2.25. The molecule has 1 aliphatic heterocycles. The molecule has 0 aliphatic carbocycles. The molecule has 1 aromatic carbocycles. The highest BCUT2D eigenvalue weighted by Crippen LogP contribution is 2.33. The van der Waals surface area contributed by atoms with Crippen LogP contribution in [0.1, 0.15) is 29.5 Å². The summed E-state index contributed by atoms with van der Waals surface area (Å²) in [5.41, 5.74) is 7.98. The van der Waals surface area contributed by atoms with Gasteiger partial charge in [0.15, 0.2) is 11.5 Å². The van der Waals surface area contributed by atoms with Crippen LogP contribution in [0, 0.1) is 18.6 Å². The molecule has 176 valence electrons. The number of anilines is 3. The van der Waals surface area contributed by atoms with Crippen molar-refractivity contribution in [3.8, 4) is 0 Å². The van der Waals surface area contributed by atoms with Crippen molar-refractivity contribution >= 4 is 34.8 Å². The Morgan fingerprint density at radius 3 is 2.76 bits per heavy atom. The van der Waals surface area contributed by atoms with Crippen LogP contribution in [0.3, 0.4) is 0 Å². The van der Waals surface area contributed by atoms with Crippen molar-refractivity contribution in [1.82, 2.24) is 14.3 Å². The molecule has 0 spiro atoms. The number of likely N-dealkylation sites (N-methyl/N-ethyl adjacent to an activating group) is 1. The fourth-order valence-electron chi connectivity index (χ4n) is 4.25. The lowest BCUT2D eigenvalue weighted by molar-refractivity contribution is 0.102. The van der Waals surface area contributed by atoms with Gasteiger partial charge in [0.25, 0.3) is 5.91 Å². The summed E-state index contributed by atoms with van der Waals surface area (Å²) in [7, 11) is 5.61. The fourth-order valence-corrected chi connectivity index (χ4v) is 4.25. The zero-order valence-electron chi connectivity index (χ0n) is 19.1. The third-order valence-electron chi connectivity index (χ3n) is 5.94. The first-order valence-electron chi connectivity index (χ1n) is 10.6. The Labute approximate surface area is 192 Å². The Bertz CT molecular complexity index is 1260. The molecule has 33 heavy (non-hydrogen) atoms. The van der Waals surface area contributed by atoms with Gasteiger partial charge in [0.1, 0.15) is 5.82 Å². The molecule has 8 nitrogen and oxygen atoms in total. The smallest absolute Gasteiger partial charge is 0.260 e. The fraction of sp³-hybridized carbons (Fsp3) is 0.348. The van der Waals surface area contributed by atoms with Gasteiger partial charge in [-0.1, -0.05) is 0 Å². The van der Waals surface area contributed by atoms with Gasteiger partial charge in [0.05, 0.1) is 28.3 Å². The number of halogens is 2. The van der Waals surface area contributed by atoms with Crippen molar-refractivity contribution in [3.63, 3.8) is 0 Å². The molecule has 3 heterocycles. The number of aliphatic imine (C=N–C) groups is 1. The molecule has 3 aromatic rings. The molecule has 0 radical (unpaired) electrons. The number of amides is 1. The number of hydrogen-bond acceptors (Lipinski definition) is 6. The first-order chi connectivity index (χ1) is 15.7. The quantitative estimate of drug-likeness (QED) is 0.454. The Morgan fingerprint density at radius 2 is 2.09 bits per heavy atom. The van der Waals surface area contributed by atoms with Gasteiger partial charge in [-0.05, 0) is 33.5 Å². The number of carbonyl (C=O) groups excluding carboxylic acids is 1. The molecule has 0 saturated carbocycles. The largest absolute Gasteiger partial charge is 0.397 e. The molecule has 1 saturated heterocycles. The number of nitrogen functional groups attached to an aromatic ring is 1. The number of carbonyl (C=O) groups is 1. The van der Waals surface area contributed by atoms with E-state index < -0.39 is 17.5 Å². The standard InChI is InChI=1S/C23H27F2N7O.H2/c1-13-10-32-11-14(7-18(25)22(32)28-13)29-23(33)20-17(24)8-19(16(9-27-2)21(20)26)31-6-5-15(12-31)30(3)4;/h7-11,15H,5-6,12,26H2,1-4H3,(H,29,33);1H/t15-;/m1./s1. The van der Waals surface area contributed by atoms with Gasteiger partial charge in [-0.25, -0.2) is 13.8 Å². The number of nitrogens with one attached hydrogen (secondary N) is 1. The Hall–Kier alpha value is -3.53. The maximum Gasteiger partial charge on any atom is 0.260 e. The maximum atomic E-state index is 15.2. The van der Waals surface area contributed by atoms with Crippen LogP contribution in [0.25, 0.3) is 5.65 Å². The highest BCUT2D eigenvalue weighted by atomic mass is 19.1. The van der Waals surface area contributed by atoms with Gasteiger partial charge in [-0.2, -0.15) is 0 Å². The van der Waals surface area contributed by atoms with Crippen LogP contribution in [0.15, 0.2) is 29.5 Å². The van der Waals surface area contributed by atoms with E-state index in [1.54, 1.807) is 20.2 Å². The number of nitrogens with two attached hydrogens (primary N) is 1. The van der Waals surface area contributed by atoms with E-state index in [-0.39, 0.29) is 24.0 Å². The van der Waals surface area contributed by atoms with E-state index in [1.807, 2.05) is 19.0 Å². The maximum absolute atomic E-state index is 15.2. The minimum atomic E-state index is -0.773. The third kappa shape index (κ3) is 4.25. The predicted octanol–water partition coefficient (Wildman–Crippen LogP) is 3.19. The molecular formula is C23H29F2N7O. The average Bonchev–Trinajstić information content (AvgIpc) is 3.37. The molecule has 10 heteroatoms. The van der Waals surface area contributed by atoms with E-state index in [2.05, 4.69) is 20.2 Å². The van der Waals surface area contributed by atoms with Crippen molar-refractivity contribution in [2.24, 2.45) is 4.99 Å². The van der Waals surface area contributed by atoms with Gasteiger partial charge >= 0.3 is 0 Å². The second-order valence-corrected chi connectivity index (χ2v) is 8.46. The highest BCUT2D eigenvalue weighted by molar-refractivity contribution is 6.11. The van der Waals surface area contributed by atoms with Gasteiger partial charge in [0.2, 0.25) is 0 Å². The summed E-state index contributed by atoms with van der Waals surface area (Å²) in [6, 6.07) is 2.80. The number of benzene rings is 1. The molecule has 0 bridgehead atoms. The summed E-state index contributed by atoms with van der Waals surface area (Å²) < 4.78 is 31.1. The van der Waals surface area contributed by atoms with E-state index in [1.165, 1.54) is 22.9 Å². The van der Waals surface area contributed by atoms with Crippen LogP contribution >= 0.6 is 0 Å². The number of aromatic nitrogens is 2. The van der Waals surface area contributed by atoms with Crippen LogP contribution in [0.2, 0.25) is 0 Å². The summed E-state index contributed by atoms with van der Waals surface area (Å²) in [6.45, 7) is 3.19. The highest BCUT2D eigenvalue weighted by Gasteiger charge is 2.29. The summed E-state index contributed by atoms with van der Waals surface area (Å²) >= 11 is 0. The van der Waals surface area contributed by atoms with Crippen molar-refractivity contribution in [1.29, 1.82) is 0 Å². The molecule has 1 fully saturated rings. The second kappa shape index (κ2) is 8.78. The third-order valence-corrected chi connectivity index (χ3v) is 5.94. The number of fused-ring (bicyclic) bond motifs is 1. The molecular weight excluding hydrogens is 428 g/mol. The molecule has 1 aliphatic rings. The van der Waals surface area contributed by atoms with Crippen molar-refractivity contribution in [2.75, 3.05) is 50.2 Å². The van der Waals surface area contributed by atoms with Gasteiger partial charge in [-0.3, -0.25) is 9.79 Å². The monoisotopic (exact) mass is 457 g/mol. The second-order valence-electron chi connectivity index (χ2n) is 8.46. The van der Waals surface area contributed by atoms with Gasteiger partial charge in [0, 0.05) is 57.8 Å². The van der Waals surface area contributed by atoms with Crippen LogP contribution in [0.4, 0.5) is 25.8 Å². The topological polar surface area (TPSA) is 91.3 Å². The zero-order valence-corrected chi connectivity index (χ0v) is 19.1. The Kier molecular flexibility index (Phi) is 6.03. The van der Waals surface area contributed by atoms with Crippen molar-refractivity contribution in [3.05, 3.63) is 53.0 Å². The molecule has 0 unspecified atom stereocenters. The van der Waals surface area contributed by atoms with Crippen molar-refractivity contribution < 1.29 is 15.0 Å².